The molecule has 2 atom stereocenters. The van der Waals surface area contributed by atoms with E-state index in [2.05, 4.69) is 26.6 Å². The molecule has 0 heterocycles. The van der Waals surface area contributed by atoms with E-state index in [4.69, 9.17) is 8.23 Å². The first-order chi connectivity index (χ1) is 5.20. The lowest BCUT2D eigenvalue weighted by Gasteiger charge is -2.16. The van der Waals surface area contributed by atoms with E-state index < -0.39 is 18.3 Å². The molecule has 68 valence electrons. The highest BCUT2D eigenvalue weighted by Crippen LogP contribution is 2.00. The zero-order valence-electron chi connectivity index (χ0n) is 8.09. The molecule has 0 rings (SSSR count). The van der Waals surface area contributed by atoms with Gasteiger partial charge in [-0.25, -0.2) is 0 Å². The minimum Gasteiger partial charge on any atom is -0.444 e. The molecule has 2 unspecified atom stereocenters. The summed E-state index contributed by atoms with van der Waals surface area (Å²) in [4.78, 5) is 0. The molecule has 2 nitrogen and oxygen atoms in total. The van der Waals surface area contributed by atoms with Gasteiger partial charge < -0.3 is 8.23 Å². The second-order valence-corrected chi connectivity index (χ2v) is 9.09. The summed E-state index contributed by atoms with van der Waals surface area (Å²) in [6.07, 6.45) is 1.26. The molecular formula is C6H20O2Si3. The van der Waals surface area contributed by atoms with Crippen molar-refractivity contribution in [3.63, 3.8) is 0 Å². The van der Waals surface area contributed by atoms with E-state index in [0.717, 1.165) is 0 Å². The molecule has 0 aromatic carbocycles. The lowest BCUT2D eigenvalue weighted by molar-refractivity contribution is 0.453. The quantitative estimate of drug-likeness (QED) is 0.600. The summed E-state index contributed by atoms with van der Waals surface area (Å²) in [6, 6.07) is 1.30. The average Bonchev–Trinajstić information content (AvgIpc) is 1.87. The molecule has 0 N–H and O–H groups in total. The van der Waals surface area contributed by atoms with Gasteiger partial charge in [0.05, 0.1) is 0 Å². The molecule has 0 aliphatic rings. The van der Waals surface area contributed by atoms with Gasteiger partial charge in [-0.1, -0.05) is 19.9 Å². The molecule has 5 heteroatoms. The van der Waals surface area contributed by atoms with Gasteiger partial charge in [0.15, 0.2) is 9.04 Å². The molecule has 0 fully saturated rings. The van der Waals surface area contributed by atoms with Gasteiger partial charge in [-0.05, 0) is 19.1 Å². The van der Waals surface area contributed by atoms with Crippen molar-refractivity contribution >= 4 is 28.1 Å². The van der Waals surface area contributed by atoms with Crippen LogP contribution in [-0.2, 0) is 8.23 Å². The van der Waals surface area contributed by atoms with Crippen LogP contribution in [0.1, 0.15) is 13.3 Å². The summed E-state index contributed by atoms with van der Waals surface area (Å²) in [5.74, 6) is 0. The van der Waals surface area contributed by atoms with Gasteiger partial charge in [-0.3, -0.25) is 0 Å². The predicted molar refractivity (Wildman–Crippen MR) is 57.7 cm³/mol. The average molecular weight is 208 g/mol. The van der Waals surface area contributed by atoms with Gasteiger partial charge >= 0.3 is 0 Å². The second kappa shape index (κ2) is 7.23. The van der Waals surface area contributed by atoms with Crippen molar-refractivity contribution in [1.29, 1.82) is 0 Å². The highest BCUT2D eigenvalue weighted by Gasteiger charge is 2.09. The van der Waals surface area contributed by atoms with Crippen LogP contribution < -0.4 is 0 Å². The first kappa shape index (κ1) is 11.6. The zero-order valence-corrected chi connectivity index (χ0v) is 11.8. The first-order valence-corrected chi connectivity index (χ1v) is 11.0. The molecule has 0 aromatic rings. The fourth-order valence-electron chi connectivity index (χ4n) is 1.08. The molecule has 0 saturated heterocycles. The van der Waals surface area contributed by atoms with E-state index in [0.29, 0.717) is 0 Å². The summed E-state index contributed by atoms with van der Waals surface area (Å²) in [6.45, 7) is 8.80. The maximum Gasteiger partial charge on any atom is 0.297 e. The van der Waals surface area contributed by atoms with E-state index in [1.165, 1.54) is 12.5 Å². The monoisotopic (exact) mass is 208 g/mol. The second-order valence-electron chi connectivity index (χ2n) is 2.76. The Bertz CT molecular complexity index is 81.9. The number of hydrogen-bond donors (Lipinski definition) is 0. The summed E-state index contributed by atoms with van der Waals surface area (Å²) >= 11 is 0. The Balaban J connectivity index is 3.32. The maximum atomic E-state index is 5.82. The van der Waals surface area contributed by atoms with E-state index in [-0.39, 0.29) is 9.76 Å². The maximum absolute atomic E-state index is 5.82. The van der Waals surface area contributed by atoms with Gasteiger partial charge in [0.1, 0.15) is 9.76 Å². The third kappa shape index (κ3) is 6.95. The zero-order chi connectivity index (χ0) is 8.69. The Morgan fingerprint density at radius 3 is 2.45 bits per heavy atom. The minimum absolute atomic E-state index is 0.231. The van der Waals surface area contributed by atoms with Gasteiger partial charge in [0.2, 0.25) is 0 Å². The highest BCUT2D eigenvalue weighted by atomic mass is 28.4. The molecule has 11 heavy (non-hydrogen) atoms. The van der Waals surface area contributed by atoms with Crippen LogP contribution in [0.2, 0.25) is 25.7 Å². The van der Waals surface area contributed by atoms with Gasteiger partial charge in [0, 0.05) is 0 Å². The Morgan fingerprint density at radius 2 is 2.00 bits per heavy atom. The van der Waals surface area contributed by atoms with Crippen molar-refractivity contribution in [3.8, 4) is 0 Å². The van der Waals surface area contributed by atoms with Crippen molar-refractivity contribution in [2.75, 3.05) is 0 Å². The smallest absolute Gasteiger partial charge is 0.297 e. The van der Waals surface area contributed by atoms with Crippen LogP contribution >= 0.6 is 0 Å². The van der Waals surface area contributed by atoms with E-state index in [1.54, 1.807) is 0 Å². The van der Waals surface area contributed by atoms with Crippen molar-refractivity contribution in [2.24, 2.45) is 0 Å². The van der Waals surface area contributed by atoms with Gasteiger partial charge in [-0.2, -0.15) is 0 Å². The lowest BCUT2D eigenvalue weighted by atomic mass is 10.6. The van der Waals surface area contributed by atoms with E-state index >= 15 is 0 Å². The highest BCUT2D eigenvalue weighted by molar-refractivity contribution is 6.64. The molecule has 0 aromatic heterocycles. The standard InChI is InChI=1S/C6H20O2Si3/c1-5-6-10(3)8-11(4)7-9-2/h10-11H,5-6,9H2,1-4H3. The number of hydrogen-bond acceptors (Lipinski definition) is 2. The van der Waals surface area contributed by atoms with Crippen LogP contribution in [0.15, 0.2) is 0 Å². The van der Waals surface area contributed by atoms with Gasteiger partial charge in [-0.15, -0.1) is 0 Å². The fourth-order valence-corrected chi connectivity index (χ4v) is 7.95. The molecule has 0 aliphatic heterocycles. The Morgan fingerprint density at radius 1 is 1.36 bits per heavy atom. The molecule has 0 spiro atoms. The Kier molecular flexibility index (Phi) is 7.61. The van der Waals surface area contributed by atoms with Crippen LogP contribution in [0.25, 0.3) is 0 Å². The minimum atomic E-state index is -1.17. The molecule has 0 aliphatic carbocycles. The van der Waals surface area contributed by atoms with Crippen LogP contribution in [0.5, 0.6) is 0 Å². The van der Waals surface area contributed by atoms with Crippen molar-refractivity contribution in [2.45, 2.75) is 39.0 Å². The molecule has 0 saturated carbocycles. The largest absolute Gasteiger partial charge is 0.444 e. The first-order valence-electron chi connectivity index (χ1n) is 4.47. The molecule has 0 bridgehead atoms. The fraction of sp³-hybridized carbons (Fsp3) is 1.00. The van der Waals surface area contributed by atoms with Crippen LogP contribution in [0.3, 0.4) is 0 Å². The van der Waals surface area contributed by atoms with Crippen molar-refractivity contribution in [3.05, 3.63) is 0 Å². The van der Waals surface area contributed by atoms with Crippen molar-refractivity contribution in [1.82, 2.24) is 0 Å². The van der Waals surface area contributed by atoms with E-state index in [9.17, 15) is 0 Å². The Labute approximate surface area is 75.8 Å². The SMILES string of the molecule is CCC[SiH](C)O[SiH](C)O[SiH2]C. The molecule has 0 amide bonds. The van der Waals surface area contributed by atoms with Crippen LogP contribution in [0, 0.1) is 0 Å². The third-order valence-electron chi connectivity index (χ3n) is 1.52. The molecule has 0 radical (unpaired) electrons. The van der Waals surface area contributed by atoms with Crippen molar-refractivity contribution < 1.29 is 8.23 Å². The summed E-state index contributed by atoms with van der Waals surface area (Å²) in [7, 11) is -2.23. The Hall–Kier alpha value is 0.571. The lowest BCUT2D eigenvalue weighted by Crippen LogP contribution is -2.27. The number of rotatable bonds is 6. The van der Waals surface area contributed by atoms with Crippen LogP contribution in [-0.4, -0.2) is 28.1 Å². The predicted octanol–water partition coefficient (Wildman–Crippen LogP) is 0.765. The normalized spacial score (nSPS) is 17.5. The summed E-state index contributed by atoms with van der Waals surface area (Å²) in [5.41, 5.74) is 0. The third-order valence-corrected chi connectivity index (χ3v) is 9.51. The summed E-state index contributed by atoms with van der Waals surface area (Å²) < 4.78 is 11.4. The summed E-state index contributed by atoms with van der Waals surface area (Å²) in [5, 5.41) is 0. The van der Waals surface area contributed by atoms with Crippen LogP contribution in [0.4, 0.5) is 0 Å². The van der Waals surface area contributed by atoms with Gasteiger partial charge in [0.25, 0.3) is 9.28 Å². The van der Waals surface area contributed by atoms with E-state index in [1.807, 2.05) is 0 Å². The molecular weight excluding hydrogens is 188 g/mol. The topological polar surface area (TPSA) is 18.5 Å².